The molecule has 0 radical (unpaired) electrons. The normalized spacial score (nSPS) is 18.0. The number of carbonyl (C=O) groups excluding carboxylic acids is 1. The minimum Gasteiger partial charge on any atom is -0.343 e. The van der Waals surface area contributed by atoms with Crippen LogP contribution in [-0.4, -0.2) is 44.1 Å². The lowest BCUT2D eigenvalue weighted by Gasteiger charge is -2.13. The van der Waals surface area contributed by atoms with Crippen molar-refractivity contribution in [2.24, 2.45) is 5.92 Å². The van der Waals surface area contributed by atoms with E-state index in [1.807, 2.05) is 31.1 Å². The number of carbonyl (C=O) groups is 1. The lowest BCUT2D eigenvalue weighted by Crippen LogP contribution is -2.26. The van der Waals surface area contributed by atoms with Crippen molar-refractivity contribution in [2.75, 3.05) is 13.1 Å². The molecule has 1 aliphatic heterocycles. The van der Waals surface area contributed by atoms with Gasteiger partial charge in [0.1, 0.15) is 0 Å². The summed E-state index contributed by atoms with van der Waals surface area (Å²) in [4.78, 5) is 22.4. The highest BCUT2D eigenvalue weighted by Crippen LogP contribution is 2.24. The number of nitrogens with one attached hydrogen (secondary N) is 1. The highest BCUT2D eigenvalue weighted by Gasteiger charge is 2.24. The van der Waals surface area contributed by atoms with Crippen molar-refractivity contribution in [1.29, 1.82) is 0 Å². The van der Waals surface area contributed by atoms with Gasteiger partial charge in [-0.05, 0) is 32.6 Å². The van der Waals surface area contributed by atoms with E-state index in [9.17, 15) is 4.79 Å². The van der Waals surface area contributed by atoms with Gasteiger partial charge in [0.2, 0.25) is 5.91 Å². The molecule has 1 aliphatic rings. The summed E-state index contributed by atoms with van der Waals surface area (Å²) in [6.07, 6.45) is 5.58. The Balaban J connectivity index is 1.69. The van der Waals surface area contributed by atoms with Gasteiger partial charge in [0.05, 0.1) is 23.3 Å². The molecule has 3 heterocycles. The molecule has 0 aliphatic carbocycles. The molecule has 1 fully saturated rings. The number of aromatic nitrogens is 4. The topological polar surface area (TPSA) is 74.8 Å². The number of H-pyrrole nitrogens is 1. The molecule has 1 amide bonds. The Hall–Kier alpha value is -2.24. The van der Waals surface area contributed by atoms with Crippen LogP contribution in [-0.2, 0) is 11.2 Å². The van der Waals surface area contributed by atoms with Crippen LogP contribution >= 0.6 is 0 Å². The van der Waals surface area contributed by atoms with E-state index >= 15 is 0 Å². The summed E-state index contributed by atoms with van der Waals surface area (Å²) in [5.41, 5.74) is 4.81. The third kappa shape index (κ3) is 2.86. The minimum absolute atomic E-state index is 0.162. The van der Waals surface area contributed by atoms with E-state index < -0.39 is 0 Å². The first kappa shape index (κ1) is 14.7. The van der Waals surface area contributed by atoms with Crippen LogP contribution in [0.1, 0.15) is 30.4 Å². The van der Waals surface area contributed by atoms with E-state index in [1.54, 1.807) is 6.92 Å². The number of aromatic amines is 1. The molecule has 2 aromatic rings. The molecule has 0 unspecified atom stereocenters. The maximum absolute atomic E-state index is 11.4. The summed E-state index contributed by atoms with van der Waals surface area (Å²) in [5.74, 6) is 0.649. The van der Waals surface area contributed by atoms with Crippen molar-refractivity contribution in [3.05, 3.63) is 29.5 Å². The second-order valence-electron chi connectivity index (χ2n) is 6.03. The van der Waals surface area contributed by atoms with E-state index in [1.165, 1.54) is 0 Å². The highest BCUT2D eigenvalue weighted by atomic mass is 16.2. The second-order valence-corrected chi connectivity index (χ2v) is 6.03. The average molecular weight is 299 g/mol. The van der Waals surface area contributed by atoms with Crippen molar-refractivity contribution in [3.63, 3.8) is 0 Å². The Kier molecular flexibility index (Phi) is 3.92. The molecular weight excluding hydrogens is 278 g/mol. The van der Waals surface area contributed by atoms with E-state index in [0.29, 0.717) is 5.92 Å². The van der Waals surface area contributed by atoms with Crippen LogP contribution in [0.5, 0.6) is 0 Å². The first-order chi connectivity index (χ1) is 10.5. The third-order valence-corrected chi connectivity index (χ3v) is 4.32. The summed E-state index contributed by atoms with van der Waals surface area (Å²) in [7, 11) is 0. The third-order valence-electron chi connectivity index (χ3n) is 4.32. The maximum Gasteiger partial charge on any atom is 0.219 e. The van der Waals surface area contributed by atoms with Crippen molar-refractivity contribution in [2.45, 2.75) is 33.6 Å². The molecule has 0 spiro atoms. The van der Waals surface area contributed by atoms with Crippen LogP contribution in [0.2, 0.25) is 0 Å². The van der Waals surface area contributed by atoms with Crippen LogP contribution in [0.25, 0.3) is 11.3 Å². The predicted molar refractivity (Wildman–Crippen MR) is 83.2 cm³/mol. The zero-order valence-electron chi connectivity index (χ0n) is 13.3. The fourth-order valence-electron chi connectivity index (χ4n) is 3.10. The SMILES string of the molecule is CC(=O)N1CC[C@@H](Cc2cnc(-c3c(C)n[nH]c3C)cn2)C1. The zero-order chi connectivity index (χ0) is 15.7. The summed E-state index contributed by atoms with van der Waals surface area (Å²) < 4.78 is 0. The molecule has 2 aromatic heterocycles. The van der Waals surface area contributed by atoms with Gasteiger partial charge in [0, 0.05) is 37.5 Å². The molecule has 0 bridgehead atoms. The first-order valence-electron chi connectivity index (χ1n) is 7.63. The first-order valence-corrected chi connectivity index (χ1v) is 7.63. The number of nitrogens with zero attached hydrogens (tertiary/aromatic N) is 4. The van der Waals surface area contributed by atoms with Gasteiger partial charge in [0.15, 0.2) is 0 Å². The van der Waals surface area contributed by atoms with Gasteiger partial charge in [0.25, 0.3) is 0 Å². The van der Waals surface area contributed by atoms with Gasteiger partial charge in [-0.25, -0.2) is 0 Å². The summed E-state index contributed by atoms with van der Waals surface area (Å²) in [5, 5.41) is 7.16. The van der Waals surface area contributed by atoms with E-state index in [4.69, 9.17) is 0 Å². The van der Waals surface area contributed by atoms with Gasteiger partial charge in [-0.2, -0.15) is 5.10 Å². The summed E-state index contributed by atoms with van der Waals surface area (Å²) in [6.45, 7) is 7.27. The van der Waals surface area contributed by atoms with E-state index in [-0.39, 0.29) is 5.91 Å². The molecule has 3 rings (SSSR count). The number of hydrogen-bond acceptors (Lipinski definition) is 4. The number of aryl methyl sites for hydroxylation is 2. The smallest absolute Gasteiger partial charge is 0.219 e. The Bertz CT molecular complexity index is 657. The molecule has 1 saturated heterocycles. The van der Waals surface area contributed by atoms with Crippen LogP contribution < -0.4 is 0 Å². The Labute approximate surface area is 130 Å². The van der Waals surface area contributed by atoms with E-state index in [2.05, 4.69) is 20.2 Å². The zero-order valence-corrected chi connectivity index (χ0v) is 13.3. The summed E-state index contributed by atoms with van der Waals surface area (Å²) >= 11 is 0. The van der Waals surface area contributed by atoms with Gasteiger partial charge >= 0.3 is 0 Å². The molecule has 1 N–H and O–H groups in total. The largest absolute Gasteiger partial charge is 0.343 e. The molecule has 1 atom stereocenters. The van der Waals surface area contributed by atoms with Gasteiger partial charge in [-0.15, -0.1) is 0 Å². The average Bonchev–Trinajstić information content (AvgIpc) is 3.08. The molecular formula is C16H21N5O. The van der Waals surface area contributed by atoms with Crippen molar-refractivity contribution >= 4 is 5.91 Å². The molecule has 116 valence electrons. The summed E-state index contributed by atoms with van der Waals surface area (Å²) in [6, 6.07) is 0. The monoisotopic (exact) mass is 299 g/mol. The molecule has 22 heavy (non-hydrogen) atoms. The maximum atomic E-state index is 11.4. The van der Waals surface area contributed by atoms with Crippen molar-refractivity contribution < 1.29 is 4.79 Å². The van der Waals surface area contributed by atoms with Crippen LogP contribution in [0.4, 0.5) is 0 Å². The minimum atomic E-state index is 0.162. The number of amides is 1. The Morgan fingerprint density at radius 3 is 2.73 bits per heavy atom. The number of hydrogen-bond donors (Lipinski definition) is 1. The number of rotatable bonds is 3. The van der Waals surface area contributed by atoms with Crippen molar-refractivity contribution in [3.8, 4) is 11.3 Å². The lowest BCUT2D eigenvalue weighted by molar-refractivity contribution is -0.127. The molecule has 0 aromatic carbocycles. The van der Waals surface area contributed by atoms with Gasteiger partial charge < -0.3 is 4.90 Å². The standard InChI is InChI=1S/C16H21N5O/c1-10-16(11(2)20-19-10)15-8-17-14(7-18-15)6-13-4-5-21(9-13)12(3)22/h7-8,13H,4-6,9H2,1-3H3,(H,19,20)/t13-/m0/s1. The van der Waals surface area contributed by atoms with Crippen LogP contribution in [0, 0.1) is 19.8 Å². The fourth-order valence-corrected chi connectivity index (χ4v) is 3.10. The van der Waals surface area contributed by atoms with E-state index in [0.717, 1.165) is 54.3 Å². The fraction of sp³-hybridized carbons (Fsp3) is 0.500. The van der Waals surface area contributed by atoms with Gasteiger partial charge in [-0.3, -0.25) is 19.9 Å². The quantitative estimate of drug-likeness (QED) is 0.939. The lowest BCUT2D eigenvalue weighted by atomic mass is 10.0. The Morgan fingerprint density at radius 2 is 2.18 bits per heavy atom. The molecule has 6 heteroatoms. The molecule has 0 saturated carbocycles. The van der Waals surface area contributed by atoms with Crippen LogP contribution in [0.15, 0.2) is 12.4 Å². The Morgan fingerprint density at radius 1 is 1.36 bits per heavy atom. The second kappa shape index (κ2) is 5.87. The van der Waals surface area contributed by atoms with Crippen molar-refractivity contribution in [1.82, 2.24) is 25.1 Å². The van der Waals surface area contributed by atoms with Crippen LogP contribution in [0.3, 0.4) is 0 Å². The number of likely N-dealkylation sites (tertiary alicyclic amines) is 1. The van der Waals surface area contributed by atoms with Gasteiger partial charge in [-0.1, -0.05) is 0 Å². The highest BCUT2D eigenvalue weighted by molar-refractivity contribution is 5.73. The predicted octanol–water partition coefficient (Wildman–Crippen LogP) is 1.89. The molecule has 6 nitrogen and oxygen atoms in total.